The van der Waals surface area contributed by atoms with Crippen LogP contribution >= 0.6 is 0 Å². The van der Waals surface area contributed by atoms with Crippen LogP contribution in [0.3, 0.4) is 0 Å². The van der Waals surface area contributed by atoms with Crippen molar-refractivity contribution in [1.29, 1.82) is 0 Å². The van der Waals surface area contributed by atoms with E-state index in [9.17, 15) is 5.11 Å². The Labute approximate surface area is 108 Å². The number of nitrogens with zero attached hydrogens (tertiary/aromatic N) is 1. The molecule has 0 aromatic carbocycles. The summed E-state index contributed by atoms with van der Waals surface area (Å²) in [5, 5.41) is 11.0. The molecule has 3 rings (SSSR count). The number of nitrogens with two attached hydrogens (primary N) is 1. The van der Waals surface area contributed by atoms with Crippen LogP contribution in [0, 0.1) is 18.8 Å². The maximum atomic E-state index is 11.0. The first-order valence-electron chi connectivity index (χ1n) is 7.04. The van der Waals surface area contributed by atoms with Crippen LogP contribution in [-0.4, -0.2) is 10.1 Å². The van der Waals surface area contributed by atoms with Gasteiger partial charge in [0.1, 0.15) is 5.82 Å². The molecular weight excluding hydrogens is 224 g/mol. The third-order valence-electron chi connectivity index (χ3n) is 4.71. The number of aromatic nitrogens is 1. The number of hydrogen-bond donors (Lipinski definition) is 2. The van der Waals surface area contributed by atoms with Gasteiger partial charge in [0.05, 0.1) is 5.60 Å². The van der Waals surface area contributed by atoms with Gasteiger partial charge >= 0.3 is 0 Å². The van der Waals surface area contributed by atoms with Gasteiger partial charge in [0, 0.05) is 11.8 Å². The van der Waals surface area contributed by atoms with E-state index in [0.717, 1.165) is 36.3 Å². The molecule has 1 aromatic rings. The molecule has 3 N–H and O–H groups in total. The summed E-state index contributed by atoms with van der Waals surface area (Å²) < 4.78 is 0. The van der Waals surface area contributed by atoms with Crippen molar-refractivity contribution in [2.75, 3.05) is 5.73 Å². The number of anilines is 1. The monoisotopic (exact) mass is 246 g/mol. The second kappa shape index (κ2) is 4.23. The van der Waals surface area contributed by atoms with Crippen molar-refractivity contribution in [3.63, 3.8) is 0 Å². The van der Waals surface area contributed by atoms with Crippen molar-refractivity contribution in [3.8, 4) is 0 Å². The SMILES string of the molecule is Cc1ccnc(N)c1C1(O)CCCC(C2CC2)C1. The van der Waals surface area contributed by atoms with Crippen molar-refractivity contribution < 1.29 is 5.11 Å². The summed E-state index contributed by atoms with van der Waals surface area (Å²) in [7, 11) is 0. The maximum Gasteiger partial charge on any atom is 0.129 e. The molecule has 1 aromatic heterocycles. The van der Waals surface area contributed by atoms with Crippen LogP contribution in [-0.2, 0) is 5.60 Å². The molecule has 1 heterocycles. The fourth-order valence-electron chi connectivity index (χ4n) is 3.68. The molecule has 3 nitrogen and oxygen atoms in total. The van der Waals surface area contributed by atoms with Crippen LogP contribution in [0.2, 0.25) is 0 Å². The van der Waals surface area contributed by atoms with Gasteiger partial charge < -0.3 is 10.8 Å². The summed E-state index contributed by atoms with van der Waals surface area (Å²) in [6.07, 6.45) is 8.49. The number of hydrogen-bond acceptors (Lipinski definition) is 3. The molecule has 2 unspecified atom stereocenters. The molecule has 2 saturated carbocycles. The molecule has 0 aliphatic heterocycles. The molecule has 0 radical (unpaired) electrons. The van der Waals surface area contributed by atoms with Gasteiger partial charge in [0.25, 0.3) is 0 Å². The smallest absolute Gasteiger partial charge is 0.129 e. The summed E-state index contributed by atoms with van der Waals surface area (Å²) in [6.45, 7) is 2.02. The predicted octanol–water partition coefficient (Wildman–Crippen LogP) is 2.76. The molecule has 2 fully saturated rings. The standard InChI is InChI=1S/C15H22N2O/c1-10-6-8-17-14(16)13(10)15(18)7-2-3-12(9-15)11-4-5-11/h6,8,11-12,18H,2-5,7,9H2,1H3,(H2,16,17). The molecule has 2 aliphatic rings. The number of nitrogen functional groups attached to an aromatic ring is 1. The number of rotatable bonds is 2. The lowest BCUT2D eigenvalue weighted by Crippen LogP contribution is -2.35. The Hall–Kier alpha value is -1.09. The zero-order chi connectivity index (χ0) is 12.8. The van der Waals surface area contributed by atoms with Crippen molar-refractivity contribution in [3.05, 3.63) is 23.4 Å². The zero-order valence-electron chi connectivity index (χ0n) is 11.0. The molecule has 18 heavy (non-hydrogen) atoms. The van der Waals surface area contributed by atoms with E-state index in [2.05, 4.69) is 4.98 Å². The quantitative estimate of drug-likeness (QED) is 0.843. The second-order valence-corrected chi connectivity index (χ2v) is 6.11. The number of aliphatic hydroxyl groups is 1. The van der Waals surface area contributed by atoms with Crippen LogP contribution in [0.15, 0.2) is 12.3 Å². The molecule has 0 amide bonds. The highest BCUT2D eigenvalue weighted by Gasteiger charge is 2.43. The van der Waals surface area contributed by atoms with E-state index in [4.69, 9.17) is 5.73 Å². The third-order valence-corrected chi connectivity index (χ3v) is 4.71. The molecule has 0 bridgehead atoms. The first kappa shape index (κ1) is 12.0. The van der Waals surface area contributed by atoms with Gasteiger partial charge in [-0.2, -0.15) is 0 Å². The zero-order valence-corrected chi connectivity index (χ0v) is 11.0. The van der Waals surface area contributed by atoms with Crippen molar-refractivity contribution in [2.24, 2.45) is 11.8 Å². The highest BCUT2D eigenvalue weighted by molar-refractivity contribution is 5.48. The Morgan fingerprint density at radius 3 is 2.78 bits per heavy atom. The Balaban J connectivity index is 1.93. The molecular formula is C15H22N2O. The molecule has 0 saturated heterocycles. The van der Waals surface area contributed by atoms with Gasteiger partial charge in [-0.15, -0.1) is 0 Å². The molecule has 0 spiro atoms. The van der Waals surface area contributed by atoms with E-state index in [-0.39, 0.29) is 0 Å². The van der Waals surface area contributed by atoms with Gasteiger partial charge in [0.15, 0.2) is 0 Å². The fourth-order valence-corrected chi connectivity index (χ4v) is 3.68. The average molecular weight is 246 g/mol. The highest BCUT2D eigenvalue weighted by Crippen LogP contribution is 2.50. The lowest BCUT2D eigenvalue weighted by Gasteiger charge is -2.38. The Bertz CT molecular complexity index is 436. The van der Waals surface area contributed by atoms with Crippen LogP contribution in [0.4, 0.5) is 5.82 Å². The van der Waals surface area contributed by atoms with E-state index in [1.165, 1.54) is 19.3 Å². The second-order valence-electron chi connectivity index (χ2n) is 6.11. The van der Waals surface area contributed by atoms with Gasteiger partial charge in [-0.05, 0) is 68.9 Å². The first-order valence-corrected chi connectivity index (χ1v) is 7.04. The van der Waals surface area contributed by atoms with Gasteiger partial charge in [-0.25, -0.2) is 4.98 Å². The van der Waals surface area contributed by atoms with E-state index < -0.39 is 5.60 Å². The van der Waals surface area contributed by atoms with Crippen LogP contribution in [0.25, 0.3) is 0 Å². The minimum atomic E-state index is -0.742. The van der Waals surface area contributed by atoms with Crippen molar-refractivity contribution >= 4 is 5.82 Å². The minimum Gasteiger partial charge on any atom is -0.385 e. The highest BCUT2D eigenvalue weighted by atomic mass is 16.3. The summed E-state index contributed by atoms with van der Waals surface area (Å²) in [6, 6.07) is 1.95. The van der Waals surface area contributed by atoms with E-state index in [1.54, 1.807) is 6.20 Å². The molecule has 2 aliphatic carbocycles. The van der Waals surface area contributed by atoms with Crippen molar-refractivity contribution in [2.45, 2.75) is 51.0 Å². The Morgan fingerprint density at radius 1 is 1.33 bits per heavy atom. The topological polar surface area (TPSA) is 59.1 Å². The van der Waals surface area contributed by atoms with Crippen LogP contribution in [0.1, 0.15) is 49.7 Å². The molecule has 98 valence electrons. The summed E-state index contributed by atoms with van der Waals surface area (Å²) in [5.41, 5.74) is 7.22. The van der Waals surface area contributed by atoms with Gasteiger partial charge in [-0.3, -0.25) is 0 Å². The lowest BCUT2D eigenvalue weighted by molar-refractivity contribution is -0.0251. The van der Waals surface area contributed by atoms with Crippen LogP contribution in [0.5, 0.6) is 0 Å². The average Bonchev–Trinajstić information content (AvgIpc) is 3.12. The minimum absolute atomic E-state index is 0.508. The fraction of sp³-hybridized carbons (Fsp3) is 0.667. The van der Waals surface area contributed by atoms with Gasteiger partial charge in [0.2, 0.25) is 0 Å². The normalized spacial score (nSPS) is 32.4. The first-order chi connectivity index (χ1) is 8.60. The molecule has 3 heteroatoms. The lowest BCUT2D eigenvalue weighted by atomic mass is 9.72. The van der Waals surface area contributed by atoms with Crippen molar-refractivity contribution in [1.82, 2.24) is 4.98 Å². The maximum absolute atomic E-state index is 11.0. The summed E-state index contributed by atoms with van der Waals surface area (Å²) in [5.74, 6) is 2.05. The largest absolute Gasteiger partial charge is 0.385 e. The number of aryl methyl sites for hydroxylation is 1. The molecule has 2 atom stereocenters. The van der Waals surface area contributed by atoms with E-state index in [0.29, 0.717) is 11.7 Å². The summed E-state index contributed by atoms with van der Waals surface area (Å²) in [4.78, 5) is 4.16. The van der Waals surface area contributed by atoms with E-state index in [1.807, 2.05) is 13.0 Å². The summed E-state index contributed by atoms with van der Waals surface area (Å²) >= 11 is 0. The predicted molar refractivity (Wildman–Crippen MR) is 72.0 cm³/mol. The van der Waals surface area contributed by atoms with E-state index >= 15 is 0 Å². The van der Waals surface area contributed by atoms with Crippen LogP contribution < -0.4 is 5.73 Å². The Morgan fingerprint density at radius 2 is 2.11 bits per heavy atom. The Kier molecular flexibility index (Phi) is 2.81. The third kappa shape index (κ3) is 2.01. The van der Waals surface area contributed by atoms with Gasteiger partial charge in [-0.1, -0.05) is 0 Å². The number of pyridine rings is 1.